The lowest BCUT2D eigenvalue weighted by Crippen LogP contribution is -2.26. The molecule has 0 aliphatic rings. The summed E-state index contributed by atoms with van der Waals surface area (Å²) in [5.74, 6) is -1.40. The molecule has 0 unspecified atom stereocenters. The summed E-state index contributed by atoms with van der Waals surface area (Å²) in [6.45, 7) is 0.151. The zero-order chi connectivity index (χ0) is 21.0. The Morgan fingerprint density at radius 3 is 2.41 bits per heavy atom. The molecule has 0 spiro atoms. The normalized spacial score (nSPS) is 11.4. The summed E-state index contributed by atoms with van der Waals surface area (Å²) < 4.78 is 41.1. The molecular formula is C21H18ClFN2O3S. The van der Waals surface area contributed by atoms with Crippen LogP contribution in [0.4, 0.5) is 10.1 Å². The molecule has 0 bridgehead atoms. The van der Waals surface area contributed by atoms with Crippen LogP contribution in [0.25, 0.3) is 0 Å². The summed E-state index contributed by atoms with van der Waals surface area (Å²) in [6.07, 6.45) is 0. The molecule has 1 N–H and O–H groups in total. The Morgan fingerprint density at radius 1 is 1.03 bits per heavy atom. The van der Waals surface area contributed by atoms with Crippen LogP contribution in [0, 0.1) is 5.82 Å². The third-order valence-corrected chi connectivity index (χ3v) is 6.27. The average Bonchev–Trinajstić information content (AvgIpc) is 2.70. The van der Waals surface area contributed by atoms with Crippen LogP contribution in [0.15, 0.2) is 77.7 Å². The molecule has 0 saturated carbocycles. The molecule has 3 rings (SSSR count). The van der Waals surface area contributed by atoms with Crippen LogP contribution in [0.3, 0.4) is 0 Å². The van der Waals surface area contributed by atoms with Gasteiger partial charge in [-0.1, -0.05) is 48.0 Å². The number of amides is 1. The lowest BCUT2D eigenvalue weighted by molar-refractivity contribution is 0.102. The van der Waals surface area contributed by atoms with Crippen molar-refractivity contribution in [2.24, 2.45) is 0 Å². The van der Waals surface area contributed by atoms with Gasteiger partial charge in [-0.05, 0) is 42.0 Å². The van der Waals surface area contributed by atoms with E-state index in [0.29, 0.717) is 5.02 Å². The Kier molecular flexibility index (Phi) is 6.32. The van der Waals surface area contributed by atoms with Crippen LogP contribution >= 0.6 is 11.6 Å². The van der Waals surface area contributed by atoms with Crippen molar-refractivity contribution in [3.8, 4) is 0 Å². The molecule has 8 heteroatoms. The monoisotopic (exact) mass is 432 g/mol. The number of hydrogen-bond acceptors (Lipinski definition) is 3. The van der Waals surface area contributed by atoms with E-state index in [1.54, 1.807) is 24.3 Å². The van der Waals surface area contributed by atoms with Gasteiger partial charge in [0.05, 0.1) is 10.6 Å². The largest absolute Gasteiger partial charge is 0.319 e. The molecule has 0 saturated heterocycles. The molecular weight excluding hydrogens is 415 g/mol. The fourth-order valence-electron chi connectivity index (χ4n) is 2.69. The lowest BCUT2D eigenvalue weighted by Gasteiger charge is -2.18. The van der Waals surface area contributed by atoms with E-state index >= 15 is 0 Å². The second-order valence-electron chi connectivity index (χ2n) is 6.35. The molecule has 3 aromatic rings. The van der Waals surface area contributed by atoms with Crippen LogP contribution in [0.5, 0.6) is 0 Å². The molecule has 0 aromatic heterocycles. The second-order valence-corrected chi connectivity index (χ2v) is 8.83. The van der Waals surface area contributed by atoms with Crippen LogP contribution in [0.1, 0.15) is 15.9 Å². The van der Waals surface area contributed by atoms with Gasteiger partial charge in [-0.25, -0.2) is 12.8 Å². The molecule has 0 heterocycles. The highest BCUT2D eigenvalue weighted by atomic mass is 35.5. The minimum Gasteiger partial charge on any atom is -0.319 e. The maximum Gasteiger partial charge on any atom is 0.255 e. The Hall–Kier alpha value is -2.74. The quantitative estimate of drug-likeness (QED) is 0.621. The highest BCUT2D eigenvalue weighted by molar-refractivity contribution is 7.89. The fraction of sp³-hybridized carbons (Fsp3) is 0.0952. The van der Waals surface area contributed by atoms with Gasteiger partial charge in [0.15, 0.2) is 0 Å². The van der Waals surface area contributed by atoms with Gasteiger partial charge in [-0.3, -0.25) is 4.79 Å². The molecule has 150 valence electrons. The second kappa shape index (κ2) is 8.73. The summed E-state index contributed by atoms with van der Waals surface area (Å²) in [5.41, 5.74) is 0.945. The Labute approximate surface area is 173 Å². The van der Waals surface area contributed by atoms with Crippen molar-refractivity contribution < 1.29 is 17.6 Å². The van der Waals surface area contributed by atoms with Crippen molar-refractivity contribution in [3.05, 3.63) is 94.8 Å². The van der Waals surface area contributed by atoms with E-state index in [2.05, 4.69) is 5.32 Å². The summed E-state index contributed by atoms with van der Waals surface area (Å²) in [7, 11) is -2.47. The fourth-order valence-corrected chi connectivity index (χ4v) is 4.05. The van der Waals surface area contributed by atoms with E-state index in [0.717, 1.165) is 15.9 Å². The van der Waals surface area contributed by atoms with Gasteiger partial charge < -0.3 is 5.32 Å². The van der Waals surface area contributed by atoms with E-state index in [-0.39, 0.29) is 22.7 Å². The molecule has 0 aliphatic heterocycles. The molecule has 29 heavy (non-hydrogen) atoms. The van der Waals surface area contributed by atoms with Crippen molar-refractivity contribution in [2.75, 3.05) is 12.4 Å². The molecule has 0 fully saturated rings. The van der Waals surface area contributed by atoms with E-state index in [1.165, 1.54) is 31.3 Å². The summed E-state index contributed by atoms with van der Waals surface area (Å²) >= 11 is 5.86. The Morgan fingerprint density at radius 2 is 1.76 bits per heavy atom. The van der Waals surface area contributed by atoms with E-state index < -0.39 is 21.7 Å². The first-order valence-corrected chi connectivity index (χ1v) is 10.5. The highest BCUT2D eigenvalue weighted by Crippen LogP contribution is 2.23. The molecule has 3 aromatic carbocycles. The van der Waals surface area contributed by atoms with E-state index in [1.807, 2.05) is 18.2 Å². The number of nitrogens with zero attached hydrogens (tertiary/aromatic N) is 1. The zero-order valence-corrected chi connectivity index (χ0v) is 17.0. The number of carbonyl (C=O) groups is 1. The van der Waals surface area contributed by atoms with E-state index in [4.69, 9.17) is 11.6 Å². The average molecular weight is 433 g/mol. The number of carbonyl (C=O) groups excluding carboxylic acids is 1. The number of halogens is 2. The van der Waals surface area contributed by atoms with Crippen molar-refractivity contribution in [1.29, 1.82) is 0 Å². The third kappa shape index (κ3) is 5.00. The van der Waals surface area contributed by atoms with Gasteiger partial charge in [-0.2, -0.15) is 4.31 Å². The maximum atomic E-state index is 14.5. The number of sulfonamides is 1. The maximum absolute atomic E-state index is 14.5. The van der Waals surface area contributed by atoms with Crippen LogP contribution < -0.4 is 5.32 Å². The van der Waals surface area contributed by atoms with Crippen LogP contribution in [0.2, 0.25) is 5.02 Å². The number of rotatable bonds is 6. The predicted molar refractivity (Wildman–Crippen MR) is 111 cm³/mol. The summed E-state index contributed by atoms with van der Waals surface area (Å²) in [5, 5.41) is 2.80. The first kappa shape index (κ1) is 21.0. The van der Waals surface area contributed by atoms with Gasteiger partial charge in [0.2, 0.25) is 10.0 Å². The smallest absolute Gasteiger partial charge is 0.255 e. The van der Waals surface area contributed by atoms with Crippen molar-refractivity contribution in [2.45, 2.75) is 11.4 Å². The number of hydrogen-bond donors (Lipinski definition) is 1. The molecule has 1 amide bonds. The minimum atomic E-state index is -3.90. The SMILES string of the molecule is CN(Cc1ccccc1)S(=O)(=O)c1ccc(NC(=O)c2cccc(Cl)c2)c(F)c1. The lowest BCUT2D eigenvalue weighted by atomic mass is 10.2. The molecule has 0 radical (unpaired) electrons. The van der Waals surface area contributed by atoms with Crippen molar-refractivity contribution in [3.63, 3.8) is 0 Å². The highest BCUT2D eigenvalue weighted by Gasteiger charge is 2.22. The topological polar surface area (TPSA) is 66.5 Å². The number of anilines is 1. The Balaban J connectivity index is 1.78. The van der Waals surface area contributed by atoms with Gasteiger partial charge in [0, 0.05) is 24.2 Å². The first-order valence-electron chi connectivity index (χ1n) is 8.64. The van der Waals surface area contributed by atoms with Gasteiger partial charge >= 0.3 is 0 Å². The van der Waals surface area contributed by atoms with Gasteiger partial charge in [0.1, 0.15) is 5.82 Å². The van der Waals surface area contributed by atoms with Crippen molar-refractivity contribution >= 4 is 33.2 Å². The van der Waals surface area contributed by atoms with Gasteiger partial charge in [-0.15, -0.1) is 0 Å². The summed E-state index contributed by atoms with van der Waals surface area (Å²) in [6, 6.07) is 18.7. The molecule has 0 aliphatic carbocycles. The van der Waals surface area contributed by atoms with Crippen LogP contribution in [-0.4, -0.2) is 25.7 Å². The molecule has 5 nitrogen and oxygen atoms in total. The standard InChI is InChI=1S/C21H18ClFN2O3S/c1-25(14-15-6-3-2-4-7-15)29(27,28)18-10-11-20(19(23)13-18)24-21(26)16-8-5-9-17(22)12-16/h2-13H,14H2,1H3,(H,24,26). The minimum absolute atomic E-state index is 0.125. The van der Waals surface area contributed by atoms with Crippen molar-refractivity contribution in [1.82, 2.24) is 4.31 Å². The Bertz CT molecular complexity index is 1140. The van der Waals surface area contributed by atoms with Crippen LogP contribution in [-0.2, 0) is 16.6 Å². The first-order chi connectivity index (χ1) is 13.8. The third-order valence-electron chi connectivity index (χ3n) is 4.23. The number of benzene rings is 3. The summed E-state index contributed by atoms with van der Waals surface area (Å²) in [4.78, 5) is 12.0. The van der Waals surface area contributed by atoms with E-state index in [9.17, 15) is 17.6 Å². The zero-order valence-electron chi connectivity index (χ0n) is 15.5. The number of nitrogens with one attached hydrogen (secondary N) is 1. The predicted octanol–water partition coefficient (Wildman–Crippen LogP) is 4.55. The van der Waals surface area contributed by atoms with Gasteiger partial charge in [0.25, 0.3) is 5.91 Å². The molecule has 0 atom stereocenters.